The highest BCUT2D eigenvalue weighted by Gasteiger charge is 2.03. The van der Waals surface area contributed by atoms with Crippen LogP contribution in [0.4, 0.5) is 0 Å². The normalized spacial score (nSPS) is 12.4. The molecule has 0 spiro atoms. The van der Waals surface area contributed by atoms with Crippen LogP contribution in [-0.2, 0) is 11.3 Å². The zero-order chi connectivity index (χ0) is 10.4. The van der Waals surface area contributed by atoms with Gasteiger partial charge in [-0.1, -0.05) is 0 Å². The second-order valence-corrected chi connectivity index (χ2v) is 3.99. The second-order valence-electron chi connectivity index (χ2n) is 3.27. The molecule has 0 fully saturated rings. The van der Waals surface area contributed by atoms with E-state index in [1.54, 1.807) is 5.51 Å². The molecule has 0 aliphatic carbocycles. The number of nitrogens with zero attached hydrogens (tertiary/aromatic N) is 1. The van der Waals surface area contributed by atoms with Gasteiger partial charge in [-0.15, -0.1) is 11.3 Å². The summed E-state index contributed by atoms with van der Waals surface area (Å²) in [7, 11) is 0. The van der Waals surface area contributed by atoms with Gasteiger partial charge in [-0.05, 0) is 13.3 Å². The molecule has 78 valence electrons. The SMILES string of the molecule is CC(N)CCC(=O)NCc1cscn1. The number of thiazole rings is 1. The first-order chi connectivity index (χ1) is 6.68. The van der Waals surface area contributed by atoms with Crippen molar-refractivity contribution in [1.29, 1.82) is 0 Å². The van der Waals surface area contributed by atoms with Crippen LogP contribution >= 0.6 is 11.3 Å². The van der Waals surface area contributed by atoms with Gasteiger partial charge in [0.1, 0.15) is 0 Å². The van der Waals surface area contributed by atoms with E-state index in [0.29, 0.717) is 13.0 Å². The highest BCUT2D eigenvalue weighted by atomic mass is 32.1. The summed E-state index contributed by atoms with van der Waals surface area (Å²) in [6, 6.07) is 0.0834. The number of nitrogens with one attached hydrogen (secondary N) is 1. The molecular weight excluding hydrogens is 198 g/mol. The molecule has 1 rings (SSSR count). The van der Waals surface area contributed by atoms with Gasteiger partial charge in [-0.3, -0.25) is 4.79 Å². The van der Waals surface area contributed by atoms with Gasteiger partial charge < -0.3 is 11.1 Å². The van der Waals surface area contributed by atoms with Crippen molar-refractivity contribution in [3.05, 3.63) is 16.6 Å². The van der Waals surface area contributed by atoms with E-state index in [1.807, 2.05) is 12.3 Å². The number of rotatable bonds is 5. The van der Waals surface area contributed by atoms with E-state index >= 15 is 0 Å². The predicted molar refractivity (Wildman–Crippen MR) is 56.8 cm³/mol. The molecule has 1 amide bonds. The van der Waals surface area contributed by atoms with Gasteiger partial charge in [0.25, 0.3) is 0 Å². The van der Waals surface area contributed by atoms with Crippen LogP contribution in [0.1, 0.15) is 25.5 Å². The topological polar surface area (TPSA) is 68.0 Å². The van der Waals surface area contributed by atoms with Gasteiger partial charge >= 0.3 is 0 Å². The second kappa shape index (κ2) is 5.72. The Morgan fingerprint density at radius 3 is 3.14 bits per heavy atom. The van der Waals surface area contributed by atoms with E-state index in [2.05, 4.69) is 10.3 Å². The van der Waals surface area contributed by atoms with Gasteiger partial charge in [-0.25, -0.2) is 4.98 Å². The summed E-state index contributed by atoms with van der Waals surface area (Å²) in [6.07, 6.45) is 1.21. The Bertz CT molecular complexity index is 272. The lowest BCUT2D eigenvalue weighted by molar-refractivity contribution is -0.121. The third kappa shape index (κ3) is 4.34. The molecular formula is C9H15N3OS. The van der Waals surface area contributed by atoms with Crippen molar-refractivity contribution in [2.45, 2.75) is 32.4 Å². The molecule has 1 aromatic rings. The average molecular weight is 213 g/mol. The van der Waals surface area contributed by atoms with Crippen LogP contribution in [0.25, 0.3) is 0 Å². The van der Waals surface area contributed by atoms with Crippen LogP contribution in [0.15, 0.2) is 10.9 Å². The van der Waals surface area contributed by atoms with Crippen molar-refractivity contribution in [3.8, 4) is 0 Å². The van der Waals surface area contributed by atoms with Crippen molar-refractivity contribution in [2.75, 3.05) is 0 Å². The lowest BCUT2D eigenvalue weighted by Gasteiger charge is -2.05. The molecule has 1 atom stereocenters. The Hall–Kier alpha value is -0.940. The zero-order valence-electron chi connectivity index (χ0n) is 8.19. The van der Waals surface area contributed by atoms with Gasteiger partial charge in [0.2, 0.25) is 5.91 Å². The average Bonchev–Trinajstić information content (AvgIpc) is 2.63. The molecule has 1 aromatic heterocycles. The van der Waals surface area contributed by atoms with Crippen LogP contribution in [-0.4, -0.2) is 16.9 Å². The molecule has 3 N–H and O–H groups in total. The number of amides is 1. The quantitative estimate of drug-likeness (QED) is 0.763. The number of carbonyl (C=O) groups is 1. The smallest absolute Gasteiger partial charge is 0.220 e. The largest absolute Gasteiger partial charge is 0.350 e. The molecule has 1 heterocycles. The summed E-state index contributed by atoms with van der Waals surface area (Å²) in [5.74, 6) is 0.0373. The minimum atomic E-state index is 0.0373. The molecule has 4 nitrogen and oxygen atoms in total. The lowest BCUT2D eigenvalue weighted by Crippen LogP contribution is -2.25. The minimum absolute atomic E-state index is 0.0373. The monoisotopic (exact) mass is 213 g/mol. The summed E-state index contributed by atoms with van der Waals surface area (Å²) in [4.78, 5) is 15.3. The van der Waals surface area contributed by atoms with E-state index in [4.69, 9.17) is 5.73 Å². The summed E-state index contributed by atoms with van der Waals surface area (Å²) in [5.41, 5.74) is 8.20. The maximum Gasteiger partial charge on any atom is 0.220 e. The summed E-state index contributed by atoms with van der Waals surface area (Å²) in [6.45, 7) is 2.41. The fourth-order valence-corrected chi connectivity index (χ4v) is 1.52. The molecule has 0 aliphatic rings. The maximum absolute atomic E-state index is 11.3. The first kappa shape index (κ1) is 11.1. The number of hydrogen-bond acceptors (Lipinski definition) is 4. The lowest BCUT2D eigenvalue weighted by atomic mass is 10.2. The minimum Gasteiger partial charge on any atom is -0.350 e. The Morgan fingerprint density at radius 1 is 1.79 bits per heavy atom. The van der Waals surface area contributed by atoms with Gasteiger partial charge in [0.15, 0.2) is 0 Å². The summed E-state index contributed by atoms with van der Waals surface area (Å²) >= 11 is 1.53. The standard InChI is InChI=1S/C9H15N3OS/c1-7(10)2-3-9(13)11-4-8-5-14-6-12-8/h5-7H,2-4,10H2,1H3,(H,11,13). The predicted octanol–water partition coefficient (Wildman–Crippen LogP) is 0.887. The molecule has 0 aromatic carbocycles. The first-order valence-electron chi connectivity index (χ1n) is 4.58. The molecule has 1 unspecified atom stereocenters. The number of hydrogen-bond donors (Lipinski definition) is 2. The molecule has 0 aliphatic heterocycles. The third-order valence-electron chi connectivity index (χ3n) is 1.78. The molecule has 0 radical (unpaired) electrons. The van der Waals surface area contributed by atoms with Crippen LogP contribution in [0.3, 0.4) is 0 Å². The Kier molecular flexibility index (Phi) is 4.55. The van der Waals surface area contributed by atoms with Crippen LogP contribution in [0.5, 0.6) is 0 Å². The van der Waals surface area contributed by atoms with Gasteiger partial charge in [0.05, 0.1) is 17.7 Å². The highest BCUT2D eigenvalue weighted by molar-refractivity contribution is 7.07. The van der Waals surface area contributed by atoms with Crippen LogP contribution in [0, 0.1) is 0 Å². The van der Waals surface area contributed by atoms with Crippen LogP contribution < -0.4 is 11.1 Å². The summed E-state index contributed by atoms with van der Waals surface area (Å²) < 4.78 is 0. The number of carbonyl (C=O) groups excluding carboxylic acids is 1. The van der Waals surface area contributed by atoms with Gasteiger partial charge in [-0.2, -0.15) is 0 Å². The Balaban J connectivity index is 2.15. The Morgan fingerprint density at radius 2 is 2.57 bits per heavy atom. The molecule has 0 saturated carbocycles. The molecule has 14 heavy (non-hydrogen) atoms. The molecule has 5 heteroatoms. The molecule has 0 bridgehead atoms. The van der Waals surface area contributed by atoms with Gasteiger partial charge in [0, 0.05) is 17.8 Å². The van der Waals surface area contributed by atoms with E-state index in [1.165, 1.54) is 11.3 Å². The summed E-state index contributed by atoms with van der Waals surface area (Å²) in [5, 5.41) is 4.71. The van der Waals surface area contributed by atoms with Crippen molar-refractivity contribution in [3.63, 3.8) is 0 Å². The number of nitrogens with two attached hydrogens (primary N) is 1. The Labute approximate surface area is 87.5 Å². The first-order valence-corrected chi connectivity index (χ1v) is 5.52. The van der Waals surface area contributed by atoms with Crippen molar-refractivity contribution >= 4 is 17.2 Å². The highest BCUT2D eigenvalue weighted by Crippen LogP contribution is 2.00. The van der Waals surface area contributed by atoms with E-state index in [-0.39, 0.29) is 11.9 Å². The fraction of sp³-hybridized carbons (Fsp3) is 0.556. The van der Waals surface area contributed by atoms with Crippen molar-refractivity contribution in [1.82, 2.24) is 10.3 Å². The zero-order valence-corrected chi connectivity index (χ0v) is 9.01. The third-order valence-corrected chi connectivity index (χ3v) is 2.41. The van der Waals surface area contributed by atoms with Crippen molar-refractivity contribution < 1.29 is 4.79 Å². The van der Waals surface area contributed by atoms with Crippen molar-refractivity contribution in [2.24, 2.45) is 5.73 Å². The van der Waals surface area contributed by atoms with Crippen LogP contribution in [0.2, 0.25) is 0 Å². The van der Waals surface area contributed by atoms with E-state index in [0.717, 1.165) is 12.1 Å². The fourth-order valence-electron chi connectivity index (χ4n) is 0.961. The van der Waals surface area contributed by atoms with E-state index < -0.39 is 0 Å². The number of aromatic nitrogens is 1. The maximum atomic E-state index is 11.3. The molecule has 0 saturated heterocycles. The van der Waals surface area contributed by atoms with E-state index in [9.17, 15) is 4.79 Å².